The third-order valence-corrected chi connectivity index (χ3v) is 8.55. The molecule has 2 aliphatic rings. The summed E-state index contributed by atoms with van der Waals surface area (Å²) in [5, 5.41) is 0. The molecule has 2 fully saturated rings. The lowest BCUT2D eigenvalue weighted by Gasteiger charge is -2.38. The van der Waals surface area contributed by atoms with Gasteiger partial charge in [0.05, 0.1) is 5.75 Å². The minimum Gasteiger partial charge on any atom is -0.339 e. The van der Waals surface area contributed by atoms with Gasteiger partial charge in [-0.05, 0) is 37.7 Å². The van der Waals surface area contributed by atoms with Gasteiger partial charge in [-0.1, -0.05) is 43.7 Å². The van der Waals surface area contributed by atoms with E-state index in [0.717, 1.165) is 19.3 Å². The topological polar surface area (TPSA) is 78.0 Å². The van der Waals surface area contributed by atoms with E-state index in [2.05, 4.69) is 12.1 Å². The molecule has 1 aromatic rings. The van der Waals surface area contributed by atoms with Crippen molar-refractivity contribution in [1.29, 1.82) is 0 Å². The molecule has 0 spiro atoms. The molecule has 178 valence electrons. The van der Waals surface area contributed by atoms with Crippen LogP contribution in [0.25, 0.3) is 0 Å². The van der Waals surface area contributed by atoms with Crippen LogP contribution in [0.2, 0.25) is 0 Å². The maximum Gasteiger partial charge on any atom is 0.225 e. The van der Waals surface area contributed by atoms with Crippen LogP contribution in [-0.2, 0) is 26.0 Å². The van der Waals surface area contributed by atoms with Crippen molar-refractivity contribution in [3.63, 3.8) is 0 Å². The lowest BCUT2D eigenvalue weighted by molar-refractivity contribution is -0.143. The molecule has 2 heterocycles. The molecule has 0 saturated carbocycles. The molecule has 0 N–H and O–H groups in total. The Bertz CT molecular complexity index is 843. The number of amides is 2. The van der Waals surface area contributed by atoms with Crippen LogP contribution in [-0.4, -0.2) is 79.4 Å². The smallest absolute Gasteiger partial charge is 0.225 e. The monoisotopic (exact) mass is 463 g/mol. The number of aryl methyl sites for hydroxylation is 1. The highest BCUT2D eigenvalue weighted by Crippen LogP contribution is 2.23. The molecule has 0 aliphatic carbocycles. The second kappa shape index (κ2) is 11.8. The lowest BCUT2D eigenvalue weighted by atomic mass is 9.96. The molecule has 0 aromatic heterocycles. The summed E-state index contributed by atoms with van der Waals surface area (Å²) >= 11 is 0. The summed E-state index contributed by atoms with van der Waals surface area (Å²) < 4.78 is 26.3. The molecule has 1 aromatic carbocycles. The largest absolute Gasteiger partial charge is 0.339 e. The average molecular weight is 464 g/mol. The summed E-state index contributed by atoms with van der Waals surface area (Å²) in [4.78, 5) is 29.2. The zero-order chi connectivity index (χ0) is 23.0. The Morgan fingerprint density at radius 2 is 1.53 bits per heavy atom. The fourth-order valence-electron chi connectivity index (χ4n) is 4.52. The standard InChI is InChI=1S/C24H37N3O4S/c1-2-3-20-32(30,31)27-14-12-22(13-15-27)24(29)26-18-16-25(17-19-26)23(28)11-7-10-21-8-5-4-6-9-21/h4-6,8-9,22H,2-3,7,10-20H2,1H3. The second-order valence-electron chi connectivity index (χ2n) is 8.89. The minimum atomic E-state index is -3.20. The summed E-state index contributed by atoms with van der Waals surface area (Å²) in [7, 11) is -3.20. The highest BCUT2D eigenvalue weighted by molar-refractivity contribution is 7.89. The van der Waals surface area contributed by atoms with Crippen molar-refractivity contribution in [2.75, 3.05) is 45.0 Å². The first-order chi connectivity index (χ1) is 15.4. The maximum atomic E-state index is 12.9. The van der Waals surface area contributed by atoms with Crippen molar-refractivity contribution in [1.82, 2.24) is 14.1 Å². The first-order valence-corrected chi connectivity index (χ1v) is 13.6. The van der Waals surface area contributed by atoms with E-state index in [4.69, 9.17) is 0 Å². The predicted octanol–water partition coefficient (Wildman–Crippen LogP) is 2.52. The van der Waals surface area contributed by atoms with E-state index in [1.165, 1.54) is 5.56 Å². The first-order valence-electron chi connectivity index (χ1n) is 12.0. The van der Waals surface area contributed by atoms with Crippen molar-refractivity contribution >= 4 is 21.8 Å². The SMILES string of the molecule is CCCCS(=O)(=O)N1CCC(C(=O)N2CCN(C(=O)CCCc3ccccc3)CC2)CC1. The lowest BCUT2D eigenvalue weighted by Crippen LogP contribution is -2.53. The number of carbonyl (C=O) groups is 2. The molecule has 2 aliphatic heterocycles. The molecule has 2 saturated heterocycles. The molecular formula is C24H37N3O4S. The summed E-state index contributed by atoms with van der Waals surface area (Å²) in [6.07, 6.45) is 4.98. The Balaban J connectivity index is 1.37. The zero-order valence-corrected chi connectivity index (χ0v) is 20.1. The van der Waals surface area contributed by atoms with Gasteiger partial charge in [0.2, 0.25) is 21.8 Å². The number of sulfonamides is 1. The van der Waals surface area contributed by atoms with E-state index in [1.807, 2.05) is 34.9 Å². The highest BCUT2D eigenvalue weighted by Gasteiger charge is 2.34. The van der Waals surface area contributed by atoms with Crippen molar-refractivity contribution < 1.29 is 18.0 Å². The normalized spacial score (nSPS) is 18.7. The van der Waals surface area contributed by atoms with Gasteiger partial charge in [-0.15, -0.1) is 0 Å². The van der Waals surface area contributed by atoms with Crippen LogP contribution in [0.15, 0.2) is 30.3 Å². The molecule has 0 atom stereocenters. The number of hydrogen-bond donors (Lipinski definition) is 0. The molecule has 3 rings (SSSR count). The van der Waals surface area contributed by atoms with E-state index in [0.29, 0.717) is 65.0 Å². The van der Waals surface area contributed by atoms with Crippen LogP contribution in [0.4, 0.5) is 0 Å². The Hall–Kier alpha value is -1.93. The van der Waals surface area contributed by atoms with Crippen LogP contribution in [0.3, 0.4) is 0 Å². The van der Waals surface area contributed by atoms with E-state index >= 15 is 0 Å². The number of piperazine rings is 1. The predicted molar refractivity (Wildman–Crippen MR) is 126 cm³/mol. The van der Waals surface area contributed by atoms with Crippen molar-refractivity contribution in [3.05, 3.63) is 35.9 Å². The molecule has 7 nitrogen and oxygen atoms in total. The van der Waals surface area contributed by atoms with Crippen LogP contribution in [0, 0.1) is 5.92 Å². The van der Waals surface area contributed by atoms with Gasteiger partial charge in [0.25, 0.3) is 0 Å². The molecule has 0 bridgehead atoms. The molecular weight excluding hydrogens is 426 g/mol. The number of carbonyl (C=O) groups excluding carboxylic acids is 2. The third kappa shape index (κ3) is 6.78. The van der Waals surface area contributed by atoms with Crippen molar-refractivity contribution in [3.8, 4) is 0 Å². The number of unbranched alkanes of at least 4 members (excludes halogenated alkanes) is 1. The molecule has 8 heteroatoms. The molecule has 0 unspecified atom stereocenters. The summed E-state index contributed by atoms with van der Waals surface area (Å²) in [5.41, 5.74) is 1.25. The van der Waals surface area contributed by atoms with Gasteiger partial charge >= 0.3 is 0 Å². The Labute approximate surface area is 192 Å². The Kier molecular flexibility index (Phi) is 9.11. The Morgan fingerprint density at radius 3 is 2.16 bits per heavy atom. The number of hydrogen-bond acceptors (Lipinski definition) is 4. The maximum absolute atomic E-state index is 12.9. The van der Waals surface area contributed by atoms with E-state index < -0.39 is 10.0 Å². The van der Waals surface area contributed by atoms with E-state index in [9.17, 15) is 18.0 Å². The van der Waals surface area contributed by atoms with Crippen LogP contribution >= 0.6 is 0 Å². The number of rotatable bonds is 9. The van der Waals surface area contributed by atoms with Gasteiger partial charge in [-0.25, -0.2) is 12.7 Å². The van der Waals surface area contributed by atoms with Crippen molar-refractivity contribution in [2.24, 2.45) is 5.92 Å². The fraction of sp³-hybridized carbons (Fsp3) is 0.667. The zero-order valence-electron chi connectivity index (χ0n) is 19.2. The van der Waals surface area contributed by atoms with Gasteiger partial charge in [0.15, 0.2) is 0 Å². The third-order valence-electron chi connectivity index (χ3n) is 6.60. The number of nitrogens with zero attached hydrogens (tertiary/aromatic N) is 3. The fourth-order valence-corrected chi connectivity index (χ4v) is 6.20. The van der Waals surface area contributed by atoms with Gasteiger partial charge in [-0.3, -0.25) is 9.59 Å². The second-order valence-corrected chi connectivity index (χ2v) is 11.0. The van der Waals surface area contributed by atoms with Gasteiger partial charge in [0.1, 0.15) is 0 Å². The number of benzene rings is 1. The quantitative estimate of drug-likeness (QED) is 0.564. The highest BCUT2D eigenvalue weighted by atomic mass is 32.2. The first kappa shape index (κ1) is 24.7. The van der Waals surface area contributed by atoms with Crippen molar-refractivity contribution in [2.45, 2.75) is 51.9 Å². The minimum absolute atomic E-state index is 0.110. The van der Waals surface area contributed by atoms with Gasteiger partial charge < -0.3 is 9.80 Å². The van der Waals surface area contributed by atoms with Crippen LogP contribution in [0.1, 0.15) is 51.0 Å². The average Bonchev–Trinajstić information content (AvgIpc) is 2.83. The van der Waals surface area contributed by atoms with Crippen LogP contribution < -0.4 is 0 Å². The molecule has 0 radical (unpaired) electrons. The Morgan fingerprint density at radius 1 is 0.906 bits per heavy atom. The summed E-state index contributed by atoms with van der Waals surface area (Å²) in [6.45, 7) is 5.15. The molecule has 2 amide bonds. The summed E-state index contributed by atoms with van der Waals surface area (Å²) in [6, 6.07) is 10.2. The van der Waals surface area contributed by atoms with Gasteiger partial charge in [-0.2, -0.15) is 0 Å². The van der Waals surface area contributed by atoms with Gasteiger partial charge in [0, 0.05) is 51.6 Å². The molecule has 32 heavy (non-hydrogen) atoms. The van der Waals surface area contributed by atoms with Crippen LogP contribution in [0.5, 0.6) is 0 Å². The summed E-state index contributed by atoms with van der Waals surface area (Å²) in [5.74, 6) is 0.370. The van der Waals surface area contributed by atoms with E-state index in [1.54, 1.807) is 4.31 Å². The number of piperidine rings is 1. The van der Waals surface area contributed by atoms with E-state index in [-0.39, 0.29) is 23.5 Å².